The van der Waals surface area contributed by atoms with Gasteiger partial charge >= 0.3 is 8.80 Å². The molecule has 0 aliphatic heterocycles. The van der Waals surface area contributed by atoms with Crippen molar-refractivity contribution in [1.82, 2.24) is 0 Å². The number of methoxy groups -OCH3 is 1. The van der Waals surface area contributed by atoms with Crippen LogP contribution in [-0.2, 0) is 18.0 Å². The molecule has 0 rings (SSSR count). The van der Waals surface area contributed by atoms with Crippen LogP contribution in [0.1, 0.15) is 27.2 Å². The Labute approximate surface area is 99.9 Å². The molecule has 0 aromatic carbocycles. The van der Waals surface area contributed by atoms with Crippen molar-refractivity contribution < 1.29 is 18.0 Å². The first-order valence-corrected chi connectivity index (χ1v) is 7.63. The molecular formula is C11H24O4Si. The Balaban J connectivity index is 4.39. The summed E-state index contributed by atoms with van der Waals surface area (Å²) in [5, 5.41) is 0. The first-order valence-electron chi connectivity index (χ1n) is 5.83. The van der Waals surface area contributed by atoms with Gasteiger partial charge in [0.1, 0.15) is 0 Å². The van der Waals surface area contributed by atoms with Gasteiger partial charge in [-0.15, -0.1) is 0 Å². The van der Waals surface area contributed by atoms with E-state index in [1.807, 2.05) is 32.5 Å². The van der Waals surface area contributed by atoms with Crippen molar-refractivity contribution in [1.29, 1.82) is 0 Å². The summed E-state index contributed by atoms with van der Waals surface area (Å²) in [7, 11) is -0.895. The zero-order valence-corrected chi connectivity index (χ0v) is 11.8. The van der Waals surface area contributed by atoms with E-state index >= 15 is 0 Å². The van der Waals surface area contributed by atoms with Crippen molar-refractivity contribution in [2.75, 3.05) is 33.5 Å². The predicted octanol–water partition coefficient (Wildman–Crippen LogP) is 2.17. The van der Waals surface area contributed by atoms with Crippen molar-refractivity contribution in [3.8, 4) is 0 Å². The van der Waals surface area contributed by atoms with E-state index < -0.39 is 8.80 Å². The van der Waals surface area contributed by atoms with Gasteiger partial charge in [-0.3, -0.25) is 0 Å². The molecule has 0 aromatic rings. The molecule has 0 aromatic heterocycles. The third-order valence-corrected chi connectivity index (χ3v) is 4.56. The van der Waals surface area contributed by atoms with Crippen LogP contribution in [0.2, 0.25) is 0 Å². The van der Waals surface area contributed by atoms with Crippen molar-refractivity contribution in [3.63, 3.8) is 0 Å². The van der Waals surface area contributed by atoms with Gasteiger partial charge in [0.2, 0.25) is 0 Å². The minimum atomic E-state index is -2.58. The molecule has 0 unspecified atom stereocenters. The lowest BCUT2D eigenvalue weighted by molar-refractivity contribution is 0.0841. The largest absolute Gasteiger partial charge is 0.529 e. The number of ether oxygens (including phenoxy) is 1. The third-order valence-electron chi connectivity index (χ3n) is 1.85. The topological polar surface area (TPSA) is 36.9 Å². The summed E-state index contributed by atoms with van der Waals surface area (Å²) < 4.78 is 22.0. The molecule has 0 atom stereocenters. The van der Waals surface area contributed by atoms with Gasteiger partial charge in [0.25, 0.3) is 0 Å². The number of rotatable bonds is 10. The lowest BCUT2D eigenvalue weighted by atomic mass is 10.5. The maximum Gasteiger partial charge on any atom is 0.529 e. The van der Waals surface area contributed by atoms with Crippen LogP contribution in [0.4, 0.5) is 0 Å². The lowest BCUT2D eigenvalue weighted by Gasteiger charge is -2.25. The van der Waals surface area contributed by atoms with Crippen molar-refractivity contribution in [2.45, 2.75) is 27.2 Å². The van der Waals surface area contributed by atoms with Gasteiger partial charge in [-0.2, -0.15) is 0 Å². The Kier molecular flexibility index (Phi) is 9.86. The fourth-order valence-corrected chi connectivity index (χ4v) is 3.49. The summed E-state index contributed by atoms with van der Waals surface area (Å²) in [6.07, 6.45) is 2.86. The summed E-state index contributed by atoms with van der Waals surface area (Å²) in [6, 6.07) is 0. The molecule has 0 aliphatic rings. The van der Waals surface area contributed by atoms with Crippen molar-refractivity contribution in [2.24, 2.45) is 0 Å². The Morgan fingerprint density at radius 3 is 1.81 bits per heavy atom. The van der Waals surface area contributed by atoms with Crippen molar-refractivity contribution >= 4 is 8.80 Å². The van der Waals surface area contributed by atoms with Gasteiger partial charge in [-0.25, -0.2) is 0 Å². The van der Waals surface area contributed by atoms with E-state index in [9.17, 15) is 0 Å². The second-order valence-corrected chi connectivity index (χ2v) is 5.49. The molecule has 4 nitrogen and oxygen atoms in total. The molecule has 0 aliphatic carbocycles. The quantitative estimate of drug-likeness (QED) is 0.438. The van der Waals surface area contributed by atoms with Gasteiger partial charge in [-0.1, -0.05) is 6.08 Å². The minimum Gasteiger partial charge on any atom is -0.384 e. The summed E-state index contributed by atoms with van der Waals surface area (Å²) >= 11 is 0. The predicted molar refractivity (Wildman–Crippen MR) is 66.3 cm³/mol. The van der Waals surface area contributed by atoms with Gasteiger partial charge in [0, 0.05) is 33.5 Å². The van der Waals surface area contributed by atoms with Crippen LogP contribution >= 0.6 is 0 Å². The van der Waals surface area contributed by atoms with Crippen LogP contribution in [0, 0.1) is 0 Å². The summed E-state index contributed by atoms with van der Waals surface area (Å²) in [6.45, 7) is 8.34. The Bertz CT molecular complexity index is 168. The summed E-state index contributed by atoms with van der Waals surface area (Å²) in [5.41, 5.74) is 1.95. The fraction of sp³-hybridized carbons (Fsp3) is 0.818. The van der Waals surface area contributed by atoms with Gasteiger partial charge in [0.15, 0.2) is 0 Å². The van der Waals surface area contributed by atoms with E-state index in [1.54, 1.807) is 7.11 Å². The summed E-state index contributed by atoms with van der Waals surface area (Å²) in [5.74, 6) is 0. The van der Waals surface area contributed by atoms with Crippen LogP contribution in [-0.4, -0.2) is 42.3 Å². The molecule has 0 saturated carbocycles. The van der Waals surface area contributed by atoms with Crippen LogP contribution in [0.5, 0.6) is 0 Å². The first-order chi connectivity index (χ1) is 7.74. The molecule has 16 heavy (non-hydrogen) atoms. The first kappa shape index (κ1) is 15.8. The third kappa shape index (κ3) is 6.39. The fourth-order valence-electron chi connectivity index (χ4n) is 1.29. The monoisotopic (exact) mass is 248 g/mol. The molecule has 0 heterocycles. The number of hydrogen-bond acceptors (Lipinski definition) is 4. The highest BCUT2D eigenvalue weighted by Crippen LogP contribution is 2.12. The molecule has 0 amide bonds. The Morgan fingerprint density at radius 1 is 0.938 bits per heavy atom. The highest BCUT2D eigenvalue weighted by molar-refractivity contribution is 6.66. The average molecular weight is 248 g/mol. The smallest absolute Gasteiger partial charge is 0.384 e. The second-order valence-electron chi connectivity index (χ2n) is 3.09. The van der Waals surface area contributed by atoms with E-state index in [2.05, 4.69) is 0 Å². The van der Waals surface area contributed by atoms with Crippen LogP contribution in [0.3, 0.4) is 0 Å². The van der Waals surface area contributed by atoms with Gasteiger partial charge in [-0.05, 0) is 32.9 Å². The lowest BCUT2D eigenvalue weighted by Crippen LogP contribution is -2.44. The zero-order valence-electron chi connectivity index (χ0n) is 10.8. The molecule has 0 spiro atoms. The molecular weight excluding hydrogens is 224 g/mol. The average Bonchev–Trinajstić information content (AvgIpc) is 2.26. The molecule has 5 heteroatoms. The normalized spacial score (nSPS) is 12.5. The van der Waals surface area contributed by atoms with Crippen LogP contribution in [0.15, 0.2) is 11.8 Å². The van der Waals surface area contributed by atoms with Crippen molar-refractivity contribution in [3.05, 3.63) is 11.8 Å². The maximum absolute atomic E-state index is 5.66. The SMILES string of the molecule is CCO[Si](C=CCCOC)(OCC)OCC. The van der Waals surface area contributed by atoms with E-state index in [4.69, 9.17) is 18.0 Å². The van der Waals surface area contributed by atoms with E-state index in [1.165, 1.54) is 0 Å². The van der Waals surface area contributed by atoms with Gasteiger partial charge in [0.05, 0.1) is 0 Å². The molecule has 96 valence electrons. The molecule has 0 radical (unpaired) electrons. The standard InChI is InChI=1S/C11H24O4Si/c1-5-13-16(14-6-2,15-7-3)11-9-8-10-12-4/h9,11H,5-8,10H2,1-4H3. The Hall–Kier alpha value is -0.203. The van der Waals surface area contributed by atoms with Crippen LogP contribution < -0.4 is 0 Å². The van der Waals surface area contributed by atoms with Gasteiger partial charge < -0.3 is 18.0 Å². The Morgan fingerprint density at radius 2 is 1.44 bits per heavy atom. The highest BCUT2D eigenvalue weighted by Gasteiger charge is 2.37. The second kappa shape index (κ2) is 9.98. The minimum absolute atomic E-state index is 0.598. The zero-order chi connectivity index (χ0) is 12.3. The van der Waals surface area contributed by atoms with E-state index in [0.717, 1.165) is 6.42 Å². The van der Waals surface area contributed by atoms with Crippen LogP contribution in [0.25, 0.3) is 0 Å². The van der Waals surface area contributed by atoms with E-state index in [0.29, 0.717) is 26.4 Å². The molecule has 0 saturated heterocycles. The highest BCUT2D eigenvalue weighted by atomic mass is 28.4. The maximum atomic E-state index is 5.66. The molecule has 0 fully saturated rings. The molecule has 0 bridgehead atoms. The summed E-state index contributed by atoms with van der Waals surface area (Å²) in [4.78, 5) is 0. The van der Waals surface area contributed by atoms with E-state index in [-0.39, 0.29) is 0 Å². The molecule has 0 N–H and O–H groups in total. The number of hydrogen-bond donors (Lipinski definition) is 0.